The highest BCUT2D eigenvalue weighted by atomic mass is 35.5. The van der Waals surface area contributed by atoms with E-state index in [2.05, 4.69) is 0 Å². The van der Waals surface area contributed by atoms with Crippen molar-refractivity contribution < 1.29 is 12.8 Å². The maximum absolute atomic E-state index is 13.4. The van der Waals surface area contributed by atoms with Crippen molar-refractivity contribution in [1.29, 1.82) is 0 Å². The molecule has 0 aromatic heterocycles. The van der Waals surface area contributed by atoms with Crippen molar-refractivity contribution in [3.05, 3.63) is 29.6 Å². The van der Waals surface area contributed by atoms with Gasteiger partial charge in [-0.05, 0) is 44.8 Å². The lowest BCUT2D eigenvalue weighted by Crippen LogP contribution is -2.33. The van der Waals surface area contributed by atoms with E-state index in [0.717, 1.165) is 12.6 Å². The molecule has 0 aliphatic rings. The van der Waals surface area contributed by atoms with Crippen molar-refractivity contribution in [2.24, 2.45) is 0 Å². The highest BCUT2D eigenvalue weighted by molar-refractivity contribution is 7.89. The molecule has 0 aliphatic heterocycles. The van der Waals surface area contributed by atoms with Gasteiger partial charge in [0.2, 0.25) is 10.0 Å². The van der Waals surface area contributed by atoms with Crippen LogP contribution in [0.5, 0.6) is 0 Å². The quantitative estimate of drug-likeness (QED) is 0.685. The van der Waals surface area contributed by atoms with Gasteiger partial charge in [-0.15, -0.1) is 11.6 Å². The first-order valence-electron chi connectivity index (χ1n) is 6.82. The highest BCUT2D eigenvalue weighted by Crippen LogP contribution is 2.23. The standard InChI is InChI=1S/C14H22ClFN2O2S/c1-4-18(9-5-8-17(2)3)21(19,20)14-10-13(16)7-6-12(14)11-15/h6-7,10H,4-5,8-9,11H2,1-3H3. The van der Waals surface area contributed by atoms with Gasteiger partial charge in [-0.2, -0.15) is 4.31 Å². The molecule has 0 heterocycles. The molecule has 0 spiro atoms. The topological polar surface area (TPSA) is 40.6 Å². The maximum Gasteiger partial charge on any atom is 0.243 e. The molecule has 4 nitrogen and oxygen atoms in total. The van der Waals surface area contributed by atoms with E-state index < -0.39 is 15.8 Å². The normalized spacial score (nSPS) is 12.3. The second-order valence-electron chi connectivity index (χ2n) is 5.04. The molecule has 0 aliphatic carbocycles. The third-order valence-corrected chi connectivity index (χ3v) is 5.50. The molecule has 0 atom stereocenters. The Bertz CT molecular complexity index is 564. The lowest BCUT2D eigenvalue weighted by molar-refractivity contribution is 0.356. The number of nitrogens with zero attached hydrogens (tertiary/aromatic N) is 2. The Morgan fingerprint density at radius 2 is 1.90 bits per heavy atom. The fraction of sp³-hybridized carbons (Fsp3) is 0.571. The zero-order chi connectivity index (χ0) is 16.0. The van der Waals surface area contributed by atoms with Gasteiger partial charge in [-0.1, -0.05) is 13.0 Å². The van der Waals surface area contributed by atoms with Crippen LogP contribution in [0.2, 0.25) is 0 Å². The van der Waals surface area contributed by atoms with Crippen LogP contribution in [0.3, 0.4) is 0 Å². The Balaban J connectivity index is 3.04. The van der Waals surface area contributed by atoms with Crippen LogP contribution in [0.15, 0.2) is 23.1 Å². The molecule has 0 unspecified atom stereocenters. The highest BCUT2D eigenvalue weighted by Gasteiger charge is 2.25. The Hall–Kier alpha value is -0.690. The van der Waals surface area contributed by atoms with Gasteiger partial charge < -0.3 is 4.90 Å². The molecule has 0 N–H and O–H groups in total. The average molecular weight is 337 g/mol. The lowest BCUT2D eigenvalue weighted by atomic mass is 10.2. The number of rotatable bonds is 8. The van der Waals surface area contributed by atoms with E-state index >= 15 is 0 Å². The van der Waals surface area contributed by atoms with Gasteiger partial charge in [0.25, 0.3) is 0 Å². The number of halogens is 2. The monoisotopic (exact) mass is 336 g/mol. The zero-order valence-corrected chi connectivity index (χ0v) is 14.2. The minimum atomic E-state index is -3.72. The van der Waals surface area contributed by atoms with Crippen LogP contribution in [0.25, 0.3) is 0 Å². The lowest BCUT2D eigenvalue weighted by Gasteiger charge is -2.22. The van der Waals surface area contributed by atoms with E-state index in [1.807, 2.05) is 19.0 Å². The van der Waals surface area contributed by atoms with E-state index in [1.165, 1.54) is 16.4 Å². The molecule has 7 heteroatoms. The summed E-state index contributed by atoms with van der Waals surface area (Å²) in [5.41, 5.74) is 0.420. The summed E-state index contributed by atoms with van der Waals surface area (Å²) < 4.78 is 40.1. The summed E-state index contributed by atoms with van der Waals surface area (Å²) >= 11 is 5.77. The van der Waals surface area contributed by atoms with Gasteiger partial charge >= 0.3 is 0 Å². The smallest absolute Gasteiger partial charge is 0.243 e. The minimum Gasteiger partial charge on any atom is -0.309 e. The molecule has 1 rings (SSSR count). The van der Waals surface area contributed by atoms with Crippen molar-refractivity contribution in [3.8, 4) is 0 Å². The number of hydrogen-bond acceptors (Lipinski definition) is 3. The fourth-order valence-electron chi connectivity index (χ4n) is 2.03. The van der Waals surface area contributed by atoms with Crippen LogP contribution in [0.1, 0.15) is 18.9 Å². The van der Waals surface area contributed by atoms with Gasteiger partial charge in [0, 0.05) is 19.0 Å². The zero-order valence-electron chi connectivity index (χ0n) is 12.6. The van der Waals surface area contributed by atoms with Gasteiger partial charge in [-0.25, -0.2) is 12.8 Å². The molecule has 120 valence electrons. The predicted molar refractivity (Wildman–Crippen MR) is 83.6 cm³/mol. The summed E-state index contributed by atoms with van der Waals surface area (Å²) in [4.78, 5) is 1.96. The first-order valence-corrected chi connectivity index (χ1v) is 8.79. The third-order valence-electron chi connectivity index (χ3n) is 3.16. The van der Waals surface area contributed by atoms with Crippen LogP contribution >= 0.6 is 11.6 Å². The number of alkyl halides is 1. The molecule has 0 fully saturated rings. The number of sulfonamides is 1. The predicted octanol–water partition coefficient (Wildman–Crippen LogP) is 2.53. The van der Waals surface area contributed by atoms with E-state index in [4.69, 9.17) is 11.6 Å². The second kappa shape index (κ2) is 8.08. The molecule has 0 radical (unpaired) electrons. The Morgan fingerprint density at radius 1 is 1.24 bits per heavy atom. The number of hydrogen-bond donors (Lipinski definition) is 0. The molecule has 0 saturated heterocycles. The van der Waals surface area contributed by atoms with Crippen molar-refractivity contribution in [2.45, 2.75) is 24.1 Å². The summed E-state index contributed by atoms with van der Waals surface area (Å²) in [5.74, 6) is -0.545. The largest absolute Gasteiger partial charge is 0.309 e. The molecular weight excluding hydrogens is 315 g/mol. The van der Waals surface area contributed by atoms with Crippen molar-refractivity contribution in [3.63, 3.8) is 0 Å². The summed E-state index contributed by atoms with van der Waals surface area (Å²) in [6.07, 6.45) is 0.714. The summed E-state index contributed by atoms with van der Waals surface area (Å²) in [6, 6.07) is 3.68. The molecule has 0 amide bonds. The summed E-state index contributed by atoms with van der Waals surface area (Å²) in [7, 11) is 0.143. The van der Waals surface area contributed by atoms with Crippen LogP contribution < -0.4 is 0 Å². The summed E-state index contributed by atoms with van der Waals surface area (Å²) in [6.45, 7) is 3.30. The fourth-order valence-corrected chi connectivity index (χ4v) is 4.06. The molecule has 0 bridgehead atoms. The van der Waals surface area contributed by atoms with Gasteiger partial charge in [0.1, 0.15) is 5.82 Å². The first kappa shape index (κ1) is 18.4. The number of benzene rings is 1. The van der Waals surface area contributed by atoms with Gasteiger partial charge in [0.05, 0.1) is 4.90 Å². The van der Waals surface area contributed by atoms with E-state index in [-0.39, 0.29) is 10.8 Å². The molecular formula is C14H22ClFN2O2S. The maximum atomic E-state index is 13.4. The molecule has 1 aromatic carbocycles. The third kappa shape index (κ3) is 4.92. The Kier molecular flexibility index (Phi) is 7.06. The molecule has 0 saturated carbocycles. The Labute approximate surface area is 131 Å². The van der Waals surface area contributed by atoms with E-state index in [9.17, 15) is 12.8 Å². The van der Waals surface area contributed by atoms with Crippen LogP contribution in [0, 0.1) is 5.82 Å². The van der Waals surface area contributed by atoms with Crippen LogP contribution in [-0.4, -0.2) is 51.4 Å². The van der Waals surface area contributed by atoms with Gasteiger partial charge in [0.15, 0.2) is 0 Å². The average Bonchev–Trinajstić information content (AvgIpc) is 2.43. The molecule has 1 aromatic rings. The SMILES string of the molecule is CCN(CCCN(C)C)S(=O)(=O)c1cc(F)ccc1CCl. The first-order chi connectivity index (χ1) is 9.82. The second-order valence-corrected chi connectivity index (χ2v) is 7.21. The van der Waals surface area contributed by atoms with Crippen molar-refractivity contribution in [1.82, 2.24) is 9.21 Å². The molecule has 21 heavy (non-hydrogen) atoms. The van der Waals surface area contributed by atoms with Crippen LogP contribution in [0.4, 0.5) is 4.39 Å². The summed E-state index contributed by atoms with van der Waals surface area (Å²) in [5, 5.41) is 0. The van der Waals surface area contributed by atoms with Crippen molar-refractivity contribution in [2.75, 3.05) is 33.7 Å². The Morgan fingerprint density at radius 3 is 2.43 bits per heavy atom. The van der Waals surface area contributed by atoms with Crippen LogP contribution in [-0.2, 0) is 15.9 Å². The van der Waals surface area contributed by atoms with Gasteiger partial charge in [-0.3, -0.25) is 0 Å². The minimum absolute atomic E-state index is 0.0318. The van der Waals surface area contributed by atoms with E-state index in [1.54, 1.807) is 6.92 Å². The van der Waals surface area contributed by atoms with Crippen molar-refractivity contribution >= 4 is 21.6 Å². The van der Waals surface area contributed by atoms with E-state index in [0.29, 0.717) is 25.1 Å².